The van der Waals surface area contributed by atoms with Gasteiger partial charge in [-0.3, -0.25) is 14.4 Å². The summed E-state index contributed by atoms with van der Waals surface area (Å²) in [4.78, 5) is 38.4. The van der Waals surface area contributed by atoms with Crippen LogP contribution in [0.3, 0.4) is 0 Å². The number of carbonyl (C=O) groups is 3. The molecule has 0 rings (SSSR count). The third-order valence-corrected chi connectivity index (χ3v) is 14.7. The number of esters is 3. The van der Waals surface area contributed by atoms with Gasteiger partial charge in [0.15, 0.2) is 6.10 Å². The minimum atomic E-state index is -0.810. The first-order chi connectivity index (χ1) is 40.0. The van der Waals surface area contributed by atoms with Gasteiger partial charge in [-0.05, 0) is 128 Å². The average Bonchev–Trinajstić information content (AvgIpc) is 3.47. The summed E-state index contributed by atoms with van der Waals surface area (Å²) in [7, 11) is 0. The van der Waals surface area contributed by atoms with E-state index in [2.05, 4.69) is 130 Å². The van der Waals surface area contributed by atoms with Gasteiger partial charge < -0.3 is 14.2 Å². The van der Waals surface area contributed by atoms with E-state index in [0.717, 1.165) is 116 Å². The van der Waals surface area contributed by atoms with E-state index in [1.54, 1.807) is 0 Å². The molecule has 1 unspecified atom stereocenters. The van der Waals surface area contributed by atoms with E-state index in [0.29, 0.717) is 19.3 Å². The van der Waals surface area contributed by atoms with Gasteiger partial charge in [0.2, 0.25) is 0 Å². The second-order valence-electron chi connectivity index (χ2n) is 22.7. The molecule has 0 heterocycles. The lowest BCUT2D eigenvalue weighted by molar-refractivity contribution is -0.167. The fourth-order valence-corrected chi connectivity index (χ4v) is 9.59. The first kappa shape index (κ1) is 77.1. The molecule has 0 aliphatic rings. The monoisotopic (exact) mass is 1120 g/mol. The first-order valence-corrected chi connectivity index (χ1v) is 34.4. The van der Waals surface area contributed by atoms with Crippen LogP contribution in [0.1, 0.15) is 329 Å². The minimum absolute atomic E-state index is 0.0998. The number of ether oxygens (including phenoxy) is 3. The van der Waals surface area contributed by atoms with Crippen LogP contribution in [0, 0.1) is 0 Å². The molecule has 0 N–H and O–H groups in total. The molecule has 0 aromatic carbocycles. The first-order valence-electron chi connectivity index (χ1n) is 34.4. The Hall–Kier alpha value is -3.93. The van der Waals surface area contributed by atoms with Gasteiger partial charge in [0.25, 0.3) is 0 Å². The van der Waals surface area contributed by atoms with Crippen molar-refractivity contribution < 1.29 is 28.6 Å². The highest BCUT2D eigenvalue weighted by atomic mass is 16.6. The van der Waals surface area contributed by atoms with E-state index in [1.165, 1.54) is 167 Å². The maximum absolute atomic E-state index is 12.9. The molecule has 6 nitrogen and oxygen atoms in total. The van der Waals surface area contributed by atoms with Crippen LogP contribution < -0.4 is 0 Å². The zero-order valence-electron chi connectivity index (χ0n) is 53.3. The van der Waals surface area contributed by atoms with Gasteiger partial charge in [0.1, 0.15) is 13.2 Å². The summed E-state index contributed by atoms with van der Waals surface area (Å²) in [6.07, 6.45) is 94.0. The highest BCUT2D eigenvalue weighted by Gasteiger charge is 2.19. The van der Waals surface area contributed by atoms with Gasteiger partial charge in [0, 0.05) is 19.3 Å². The van der Waals surface area contributed by atoms with Crippen molar-refractivity contribution in [2.24, 2.45) is 0 Å². The van der Waals surface area contributed by atoms with Gasteiger partial charge in [0.05, 0.1) is 0 Å². The molecule has 0 radical (unpaired) electrons. The van der Waals surface area contributed by atoms with Crippen LogP contribution in [-0.2, 0) is 28.6 Å². The van der Waals surface area contributed by atoms with Crippen LogP contribution in [0.5, 0.6) is 0 Å². The lowest BCUT2D eigenvalue weighted by Crippen LogP contribution is -2.30. The van der Waals surface area contributed by atoms with Gasteiger partial charge >= 0.3 is 17.9 Å². The fourth-order valence-electron chi connectivity index (χ4n) is 9.59. The van der Waals surface area contributed by atoms with Crippen molar-refractivity contribution in [2.75, 3.05) is 13.2 Å². The summed E-state index contributed by atoms with van der Waals surface area (Å²) in [5.41, 5.74) is 0. The number of hydrogen-bond acceptors (Lipinski definition) is 6. The second kappa shape index (κ2) is 68.6. The minimum Gasteiger partial charge on any atom is -0.462 e. The molecule has 0 spiro atoms. The van der Waals surface area contributed by atoms with Crippen molar-refractivity contribution in [3.8, 4) is 0 Å². The Morgan fingerprint density at radius 3 is 0.815 bits per heavy atom. The van der Waals surface area contributed by atoms with Gasteiger partial charge in [-0.25, -0.2) is 0 Å². The second-order valence-corrected chi connectivity index (χ2v) is 22.7. The predicted octanol–water partition coefficient (Wildman–Crippen LogP) is 23.8. The molecule has 0 aliphatic heterocycles. The van der Waals surface area contributed by atoms with Crippen LogP contribution in [-0.4, -0.2) is 37.2 Å². The number of rotatable bonds is 62. The molecular weight excluding hydrogens is 997 g/mol. The molecule has 0 aliphatic carbocycles. The van der Waals surface area contributed by atoms with Gasteiger partial charge in [-0.2, -0.15) is 0 Å². The summed E-state index contributed by atoms with van der Waals surface area (Å²) in [6.45, 7) is 6.48. The van der Waals surface area contributed by atoms with Crippen molar-refractivity contribution in [1.29, 1.82) is 0 Å². The molecule has 6 heteroatoms. The number of hydrogen-bond donors (Lipinski definition) is 0. The molecule has 0 amide bonds. The molecule has 0 bridgehead atoms. The SMILES string of the molecule is CC/C=C\C/C=C\C/C=C\C/C=C\C/C=C\C/C=C\CCCCC(=O)OC(COC(=O)CCCCCCC/C=C\C/C=C\CCCCC)COC(=O)CCCCCCCCCCCCCCCCC/C=C\CCCCCCCCCC. The van der Waals surface area contributed by atoms with Crippen molar-refractivity contribution >= 4 is 17.9 Å². The molecule has 0 fully saturated rings. The van der Waals surface area contributed by atoms with Crippen molar-refractivity contribution in [2.45, 2.75) is 335 Å². The van der Waals surface area contributed by atoms with Crippen molar-refractivity contribution in [3.63, 3.8) is 0 Å². The molecule has 0 aromatic rings. The average molecular weight is 1130 g/mol. The lowest BCUT2D eigenvalue weighted by Gasteiger charge is -2.18. The van der Waals surface area contributed by atoms with E-state index in [9.17, 15) is 14.4 Å². The molecule has 81 heavy (non-hydrogen) atoms. The Kier molecular flexibility index (Phi) is 65.2. The zero-order valence-corrected chi connectivity index (χ0v) is 53.3. The fraction of sp³-hybridized carbons (Fsp3) is 0.720. The van der Waals surface area contributed by atoms with Gasteiger partial charge in [-0.1, -0.05) is 291 Å². The summed E-state index contributed by atoms with van der Waals surface area (Å²) in [5.74, 6) is -0.948. The third-order valence-electron chi connectivity index (χ3n) is 14.7. The maximum atomic E-state index is 12.9. The van der Waals surface area contributed by atoms with E-state index >= 15 is 0 Å². The highest BCUT2D eigenvalue weighted by molar-refractivity contribution is 5.71. The predicted molar refractivity (Wildman–Crippen MR) is 353 cm³/mol. The Labute approximate surface area is 501 Å². The molecule has 464 valence electrons. The highest BCUT2D eigenvalue weighted by Crippen LogP contribution is 2.17. The van der Waals surface area contributed by atoms with Crippen molar-refractivity contribution in [3.05, 3.63) is 109 Å². The largest absolute Gasteiger partial charge is 0.462 e. The maximum Gasteiger partial charge on any atom is 0.306 e. The van der Waals surface area contributed by atoms with Gasteiger partial charge in [-0.15, -0.1) is 0 Å². The van der Waals surface area contributed by atoms with E-state index in [4.69, 9.17) is 14.2 Å². The number of unbranched alkanes of at least 4 members (excludes halogenated alkanes) is 33. The van der Waals surface area contributed by atoms with Crippen molar-refractivity contribution in [1.82, 2.24) is 0 Å². The summed E-state index contributed by atoms with van der Waals surface area (Å²) in [6, 6.07) is 0. The molecule has 0 saturated heterocycles. The van der Waals surface area contributed by atoms with Crippen LogP contribution >= 0.6 is 0 Å². The third kappa shape index (κ3) is 66.8. The summed E-state index contributed by atoms with van der Waals surface area (Å²) in [5, 5.41) is 0. The topological polar surface area (TPSA) is 78.9 Å². The van der Waals surface area contributed by atoms with E-state index in [-0.39, 0.29) is 37.5 Å². The Balaban J connectivity index is 4.38. The Morgan fingerprint density at radius 2 is 0.481 bits per heavy atom. The lowest BCUT2D eigenvalue weighted by atomic mass is 10.0. The van der Waals surface area contributed by atoms with Crippen LogP contribution in [0.25, 0.3) is 0 Å². The van der Waals surface area contributed by atoms with E-state index < -0.39 is 6.10 Å². The zero-order chi connectivity index (χ0) is 58.5. The van der Waals surface area contributed by atoms with E-state index in [1.807, 2.05) is 0 Å². The summed E-state index contributed by atoms with van der Waals surface area (Å²) >= 11 is 0. The smallest absolute Gasteiger partial charge is 0.306 e. The summed E-state index contributed by atoms with van der Waals surface area (Å²) < 4.78 is 16.9. The standard InChI is InChI=1S/C75H128O6/c1-4-7-10-13-16-19-22-25-28-30-32-34-35-36-37-38-39-41-42-44-47-50-53-56-59-62-65-68-74(77)80-71-72(70-79-73(76)67-64-61-58-55-52-49-46-27-24-21-18-15-12-9-6-3)81-75(78)69-66-63-60-57-54-51-48-45-43-40-33-31-29-26-23-20-17-14-11-8-5-2/h8,11,17-18,20-21,26-27,29-30,32-33,40,45-46,48,54,57,72H,4-7,9-10,12-16,19,22-25,28,31,34-39,41-44,47,49-53,55-56,58-71H2,1-3H3/b11-8-,20-17-,21-18-,29-26-,32-30-,40-33-,46-27-,48-45-,57-54-. The molecule has 0 saturated carbocycles. The number of allylic oxidation sites excluding steroid dienone is 18. The molecule has 0 aromatic heterocycles. The Morgan fingerprint density at radius 1 is 0.259 bits per heavy atom. The van der Waals surface area contributed by atoms with Crippen LogP contribution in [0.2, 0.25) is 0 Å². The molecular formula is C75H128O6. The number of carbonyl (C=O) groups excluding carboxylic acids is 3. The van der Waals surface area contributed by atoms with Crippen LogP contribution in [0.15, 0.2) is 109 Å². The van der Waals surface area contributed by atoms with Crippen LogP contribution in [0.4, 0.5) is 0 Å². The molecule has 1 atom stereocenters. The normalized spacial score (nSPS) is 12.8. The Bertz CT molecular complexity index is 1620. The quantitative estimate of drug-likeness (QED) is 0.0261.